The van der Waals surface area contributed by atoms with Crippen LogP contribution in [0.15, 0.2) is 28.7 Å². The second-order valence-corrected chi connectivity index (χ2v) is 6.16. The Hall–Kier alpha value is -0.540. The zero-order chi connectivity index (χ0) is 13.0. The van der Waals surface area contributed by atoms with Crippen LogP contribution in [0.1, 0.15) is 26.7 Å². The van der Waals surface area contributed by atoms with Crippen LogP contribution in [0.2, 0.25) is 0 Å². The summed E-state index contributed by atoms with van der Waals surface area (Å²) in [7, 11) is 0. The molecule has 3 heteroatoms. The van der Waals surface area contributed by atoms with Crippen LogP contribution >= 0.6 is 15.9 Å². The van der Waals surface area contributed by atoms with Crippen LogP contribution in [-0.2, 0) is 0 Å². The molecule has 1 fully saturated rings. The number of hydrogen-bond donors (Lipinski definition) is 1. The van der Waals surface area contributed by atoms with Gasteiger partial charge in [0.05, 0.1) is 0 Å². The summed E-state index contributed by atoms with van der Waals surface area (Å²) in [5, 5.41) is 3.67. The summed E-state index contributed by atoms with van der Waals surface area (Å²) in [6.07, 6.45) is 2.47. The summed E-state index contributed by atoms with van der Waals surface area (Å²) >= 11 is 3.49. The van der Waals surface area contributed by atoms with Crippen LogP contribution in [0, 0.1) is 5.92 Å². The average Bonchev–Trinajstić information content (AvgIpc) is 2.38. The minimum absolute atomic E-state index is 0.691. The van der Waals surface area contributed by atoms with Gasteiger partial charge in [0.15, 0.2) is 0 Å². The highest BCUT2D eigenvalue weighted by Crippen LogP contribution is 2.24. The van der Waals surface area contributed by atoms with Crippen molar-refractivity contribution in [1.29, 1.82) is 0 Å². The van der Waals surface area contributed by atoms with E-state index in [1.165, 1.54) is 18.5 Å². The summed E-state index contributed by atoms with van der Waals surface area (Å²) in [6, 6.07) is 9.35. The summed E-state index contributed by atoms with van der Waals surface area (Å²) in [5.74, 6) is 0.717. The molecule has 1 aromatic rings. The van der Waals surface area contributed by atoms with E-state index in [0.717, 1.165) is 24.1 Å². The Bertz CT molecular complexity index is 363. The summed E-state index contributed by atoms with van der Waals surface area (Å²) < 4.78 is 1.15. The van der Waals surface area contributed by atoms with Crippen molar-refractivity contribution >= 4 is 21.6 Å². The third-order valence-electron chi connectivity index (χ3n) is 3.75. The number of halogens is 1. The molecule has 0 aliphatic carbocycles. The molecule has 0 radical (unpaired) electrons. The van der Waals surface area contributed by atoms with Gasteiger partial charge in [0, 0.05) is 29.3 Å². The van der Waals surface area contributed by atoms with Gasteiger partial charge < -0.3 is 10.2 Å². The van der Waals surface area contributed by atoms with Gasteiger partial charge in [-0.3, -0.25) is 0 Å². The SMILES string of the molecule is CCCNC1CCN(c2ccc(Br)cc2)CC1C. The number of hydrogen-bond acceptors (Lipinski definition) is 2. The molecule has 1 saturated heterocycles. The Labute approximate surface area is 119 Å². The molecule has 18 heavy (non-hydrogen) atoms. The van der Waals surface area contributed by atoms with E-state index in [2.05, 4.69) is 64.3 Å². The molecular formula is C15H23BrN2. The van der Waals surface area contributed by atoms with Crippen molar-refractivity contribution in [2.24, 2.45) is 5.92 Å². The molecule has 0 spiro atoms. The number of nitrogens with one attached hydrogen (secondary N) is 1. The molecule has 2 unspecified atom stereocenters. The fourth-order valence-corrected chi connectivity index (χ4v) is 2.93. The van der Waals surface area contributed by atoms with Gasteiger partial charge in [0.2, 0.25) is 0 Å². The summed E-state index contributed by atoms with van der Waals surface area (Å²) in [4.78, 5) is 2.50. The molecule has 1 N–H and O–H groups in total. The monoisotopic (exact) mass is 310 g/mol. The molecule has 0 saturated carbocycles. The Morgan fingerprint density at radius 3 is 2.67 bits per heavy atom. The van der Waals surface area contributed by atoms with E-state index in [9.17, 15) is 0 Å². The first kappa shape index (κ1) is 13.9. The molecule has 100 valence electrons. The molecule has 2 rings (SSSR count). The molecule has 0 amide bonds. The van der Waals surface area contributed by atoms with Gasteiger partial charge in [-0.1, -0.05) is 29.8 Å². The molecule has 2 nitrogen and oxygen atoms in total. The predicted octanol–water partition coefficient (Wildman–Crippen LogP) is 3.66. The maximum absolute atomic E-state index is 3.67. The summed E-state index contributed by atoms with van der Waals surface area (Å²) in [5.41, 5.74) is 1.35. The zero-order valence-electron chi connectivity index (χ0n) is 11.3. The fourth-order valence-electron chi connectivity index (χ4n) is 2.66. The molecule has 1 aliphatic rings. The molecule has 0 bridgehead atoms. The minimum atomic E-state index is 0.691. The van der Waals surface area contributed by atoms with Crippen LogP contribution in [0.4, 0.5) is 5.69 Å². The maximum atomic E-state index is 3.67. The van der Waals surface area contributed by atoms with Gasteiger partial charge in [-0.05, 0) is 49.6 Å². The maximum Gasteiger partial charge on any atom is 0.0367 e. The Kier molecular flexibility index (Phi) is 5.07. The number of benzene rings is 1. The van der Waals surface area contributed by atoms with E-state index in [1.54, 1.807) is 0 Å². The van der Waals surface area contributed by atoms with Crippen LogP contribution in [0.3, 0.4) is 0 Å². The first-order valence-electron chi connectivity index (χ1n) is 6.94. The van der Waals surface area contributed by atoms with E-state index < -0.39 is 0 Å². The second kappa shape index (κ2) is 6.58. The quantitative estimate of drug-likeness (QED) is 0.913. The number of piperidine rings is 1. The predicted molar refractivity (Wildman–Crippen MR) is 82.2 cm³/mol. The Balaban J connectivity index is 1.93. The van der Waals surface area contributed by atoms with E-state index in [0.29, 0.717) is 12.0 Å². The number of anilines is 1. The highest BCUT2D eigenvalue weighted by Gasteiger charge is 2.25. The van der Waals surface area contributed by atoms with E-state index in [-0.39, 0.29) is 0 Å². The Morgan fingerprint density at radius 1 is 1.33 bits per heavy atom. The number of rotatable bonds is 4. The van der Waals surface area contributed by atoms with Crippen molar-refractivity contribution in [2.45, 2.75) is 32.7 Å². The normalized spacial score (nSPS) is 24.3. The largest absolute Gasteiger partial charge is 0.371 e. The molecular weight excluding hydrogens is 288 g/mol. The zero-order valence-corrected chi connectivity index (χ0v) is 12.9. The first-order valence-corrected chi connectivity index (χ1v) is 7.74. The topological polar surface area (TPSA) is 15.3 Å². The highest BCUT2D eigenvalue weighted by molar-refractivity contribution is 9.10. The van der Waals surface area contributed by atoms with Gasteiger partial charge in [-0.2, -0.15) is 0 Å². The van der Waals surface area contributed by atoms with Gasteiger partial charge in [0.25, 0.3) is 0 Å². The lowest BCUT2D eigenvalue weighted by Crippen LogP contribution is -2.48. The van der Waals surface area contributed by atoms with Gasteiger partial charge in [-0.25, -0.2) is 0 Å². The highest BCUT2D eigenvalue weighted by atomic mass is 79.9. The third-order valence-corrected chi connectivity index (χ3v) is 4.28. The molecule has 1 aromatic carbocycles. The van der Waals surface area contributed by atoms with Gasteiger partial charge >= 0.3 is 0 Å². The van der Waals surface area contributed by atoms with Crippen molar-refractivity contribution in [3.8, 4) is 0 Å². The van der Waals surface area contributed by atoms with Crippen molar-refractivity contribution in [3.05, 3.63) is 28.7 Å². The fraction of sp³-hybridized carbons (Fsp3) is 0.600. The standard InChI is InChI=1S/C15H23BrN2/c1-3-9-17-15-8-10-18(11-12(15)2)14-6-4-13(16)5-7-14/h4-7,12,15,17H,3,8-11H2,1-2H3. The molecule has 0 aromatic heterocycles. The molecule has 1 aliphatic heterocycles. The van der Waals surface area contributed by atoms with Gasteiger partial charge in [-0.15, -0.1) is 0 Å². The molecule has 1 heterocycles. The minimum Gasteiger partial charge on any atom is -0.371 e. The Morgan fingerprint density at radius 2 is 2.06 bits per heavy atom. The van der Waals surface area contributed by atoms with Crippen molar-refractivity contribution < 1.29 is 0 Å². The van der Waals surface area contributed by atoms with Crippen molar-refractivity contribution in [2.75, 3.05) is 24.5 Å². The first-order chi connectivity index (χ1) is 8.70. The van der Waals surface area contributed by atoms with Gasteiger partial charge in [0.1, 0.15) is 0 Å². The lowest BCUT2D eigenvalue weighted by Gasteiger charge is -2.38. The van der Waals surface area contributed by atoms with Crippen LogP contribution < -0.4 is 10.2 Å². The van der Waals surface area contributed by atoms with E-state index in [1.807, 2.05) is 0 Å². The average molecular weight is 311 g/mol. The van der Waals surface area contributed by atoms with Crippen molar-refractivity contribution in [1.82, 2.24) is 5.32 Å². The van der Waals surface area contributed by atoms with Crippen molar-refractivity contribution in [3.63, 3.8) is 0 Å². The van der Waals surface area contributed by atoms with E-state index >= 15 is 0 Å². The molecule has 2 atom stereocenters. The lowest BCUT2D eigenvalue weighted by molar-refractivity contribution is 0.322. The summed E-state index contributed by atoms with van der Waals surface area (Å²) in [6.45, 7) is 8.05. The number of nitrogens with zero attached hydrogens (tertiary/aromatic N) is 1. The third kappa shape index (κ3) is 3.48. The second-order valence-electron chi connectivity index (χ2n) is 5.25. The van der Waals surface area contributed by atoms with Crippen LogP contribution in [0.25, 0.3) is 0 Å². The van der Waals surface area contributed by atoms with Crippen LogP contribution in [-0.4, -0.2) is 25.7 Å². The van der Waals surface area contributed by atoms with E-state index in [4.69, 9.17) is 0 Å². The smallest absolute Gasteiger partial charge is 0.0367 e. The van der Waals surface area contributed by atoms with Crippen LogP contribution in [0.5, 0.6) is 0 Å². The lowest BCUT2D eigenvalue weighted by atomic mass is 9.93.